The Morgan fingerprint density at radius 1 is 1.21 bits per heavy atom. The summed E-state index contributed by atoms with van der Waals surface area (Å²) in [7, 11) is 0. The van der Waals surface area contributed by atoms with Crippen molar-refractivity contribution in [2.24, 2.45) is 0 Å². The van der Waals surface area contributed by atoms with Crippen LogP contribution in [-0.2, 0) is 5.88 Å². The third-order valence-electron chi connectivity index (χ3n) is 3.76. The molecule has 1 saturated heterocycles. The van der Waals surface area contributed by atoms with Crippen molar-refractivity contribution in [1.82, 2.24) is 4.98 Å². The van der Waals surface area contributed by atoms with Crippen molar-refractivity contribution in [1.29, 1.82) is 0 Å². The molecule has 2 aromatic rings. The van der Waals surface area contributed by atoms with Gasteiger partial charge in [-0.2, -0.15) is 0 Å². The Morgan fingerprint density at radius 3 is 2.84 bits per heavy atom. The molecule has 1 aliphatic rings. The van der Waals surface area contributed by atoms with Crippen molar-refractivity contribution < 1.29 is 0 Å². The maximum absolute atomic E-state index is 5.85. The van der Waals surface area contributed by atoms with Crippen LogP contribution in [0.25, 0.3) is 0 Å². The minimum Gasteiger partial charge on any atom is -0.371 e. The molecular formula is C16H17ClN2. The summed E-state index contributed by atoms with van der Waals surface area (Å²) in [6.07, 6.45) is 3.06. The molecule has 19 heavy (non-hydrogen) atoms. The van der Waals surface area contributed by atoms with Crippen LogP contribution in [0.1, 0.15) is 23.6 Å². The molecule has 0 N–H and O–H groups in total. The first-order valence-corrected chi connectivity index (χ1v) is 7.21. The van der Waals surface area contributed by atoms with Crippen LogP contribution in [0.2, 0.25) is 0 Å². The molecule has 3 rings (SSSR count). The summed E-state index contributed by atoms with van der Waals surface area (Å²) < 4.78 is 0. The van der Waals surface area contributed by atoms with Gasteiger partial charge >= 0.3 is 0 Å². The highest BCUT2D eigenvalue weighted by atomic mass is 35.5. The summed E-state index contributed by atoms with van der Waals surface area (Å²) in [4.78, 5) is 6.67. The number of pyridine rings is 1. The van der Waals surface area contributed by atoms with Crippen molar-refractivity contribution in [2.45, 2.75) is 18.2 Å². The van der Waals surface area contributed by atoms with E-state index in [1.165, 1.54) is 17.7 Å². The van der Waals surface area contributed by atoms with Crippen molar-refractivity contribution in [2.75, 3.05) is 18.0 Å². The van der Waals surface area contributed by atoms with Crippen molar-refractivity contribution in [3.63, 3.8) is 0 Å². The average molecular weight is 273 g/mol. The second kappa shape index (κ2) is 5.62. The zero-order chi connectivity index (χ0) is 13.1. The minimum atomic E-state index is 0.476. The van der Waals surface area contributed by atoms with Crippen LogP contribution in [0.15, 0.2) is 48.7 Å². The zero-order valence-corrected chi connectivity index (χ0v) is 11.6. The Labute approximate surface area is 119 Å². The number of hydrogen-bond donors (Lipinski definition) is 0. The number of nitrogens with zero attached hydrogens (tertiary/aromatic N) is 2. The molecular weight excluding hydrogens is 256 g/mol. The number of anilines is 1. The average Bonchev–Trinajstić information content (AvgIpc) is 2.98. The lowest BCUT2D eigenvalue weighted by Crippen LogP contribution is -2.19. The van der Waals surface area contributed by atoms with Gasteiger partial charge in [0, 0.05) is 30.9 Å². The van der Waals surface area contributed by atoms with Gasteiger partial charge in [-0.1, -0.05) is 30.3 Å². The fraction of sp³-hybridized carbons (Fsp3) is 0.312. The number of rotatable bonds is 3. The van der Waals surface area contributed by atoms with Gasteiger partial charge in [0.25, 0.3) is 0 Å². The highest BCUT2D eigenvalue weighted by Gasteiger charge is 2.23. The van der Waals surface area contributed by atoms with Gasteiger partial charge in [-0.3, -0.25) is 4.98 Å². The molecule has 2 nitrogen and oxygen atoms in total. The Hall–Kier alpha value is -1.54. The normalized spacial score (nSPS) is 18.8. The largest absolute Gasteiger partial charge is 0.371 e. The van der Waals surface area contributed by atoms with E-state index in [0.29, 0.717) is 11.8 Å². The molecule has 1 aromatic heterocycles. The van der Waals surface area contributed by atoms with Crippen LogP contribution < -0.4 is 4.90 Å². The van der Waals surface area contributed by atoms with E-state index in [2.05, 4.69) is 52.3 Å². The first kappa shape index (κ1) is 12.5. The predicted molar refractivity (Wildman–Crippen MR) is 79.8 cm³/mol. The number of halogens is 1. The summed E-state index contributed by atoms with van der Waals surface area (Å²) in [6.45, 7) is 2.18. The Kier molecular flexibility index (Phi) is 3.69. The quantitative estimate of drug-likeness (QED) is 0.790. The molecule has 0 bridgehead atoms. The number of alkyl halides is 1. The molecule has 1 unspecified atom stereocenters. The molecule has 1 atom stereocenters. The Bertz CT molecular complexity index is 541. The number of hydrogen-bond acceptors (Lipinski definition) is 2. The molecule has 0 spiro atoms. The lowest BCUT2D eigenvalue weighted by molar-refractivity contribution is 0.775. The molecule has 1 fully saturated rings. The van der Waals surface area contributed by atoms with Gasteiger partial charge in [-0.15, -0.1) is 11.6 Å². The van der Waals surface area contributed by atoms with E-state index >= 15 is 0 Å². The van der Waals surface area contributed by atoms with E-state index in [0.717, 1.165) is 18.8 Å². The second-order valence-electron chi connectivity index (χ2n) is 4.98. The smallest absolute Gasteiger partial charge is 0.0648 e. The summed E-state index contributed by atoms with van der Waals surface area (Å²) in [5.74, 6) is 1.11. The van der Waals surface area contributed by atoms with Gasteiger partial charge in [0.2, 0.25) is 0 Å². The molecule has 0 radical (unpaired) electrons. The van der Waals surface area contributed by atoms with Crippen molar-refractivity contribution in [3.05, 3.63) is 59.9 Å². The van der Waals surface area contributed by atoms with Gasteiger partial charge < -0.3 is 4.90 Å². The van der Waals surface area contributed by atoms with Crippen LogP contribution in [0.4, 0.5) is 5.69 Å². The standard InChI is InChI=1S/C16H17ClN2/c17-11-15-10-16(6-8-18-15)19-9-7-14(12-19)13-4-2-1-3-5-13/h1-6,8,10,14H,7,9,11-12H2. The van der Waals surface area contributed by atoms with Crippen LogP contribution >= 0.6 is 11.6 Å². The second-order valence-corrected chi connectivity index (χ2v) is 5.25. The Balaban J connectivity index is 1.75. The van der Waals surface area contributed by atoms with Crippen LogP contribution in [0, 0.1) is 0 Å². The molecule has 98 valence electrons. The molecule has 2 heterocycles. The fourth-order valence-electron chi connectivity index (χ4n) is 2.73. The van der Waals surface area contributed by atoms with Gasteiger partial charge in [0.15, 0.2) is 0 Å². The van der Waals surface area contributed by atoms with Gasteiger partial charge in [-0.25, -0.2) is 0 Å². The summed E-state index contributed by atoms with van der Waals surface area (Å²) in [5, 5.41) is 0. The van der Waals surface area contributed by atoms with Crippen molar-refractivity contribution >= 4 is 17.3 Å². The van der Waals surface area contributed by atoms with Crippen LogP contribution in [0.3, 0.4) is 0 Å². The minimum absolute atomic E-state index is 0.476. The predicted octanol–water partition coefficient (Wildman–Crippen LogP) is 3.81. The van der Waals surface area contributed by atoms with Gasteiger partial charge in [0.1, 0.15) is 0 Å². The van der Waals surface area contributed by atoms with E-state index in [-0.39, 0.29) is 0 Å². The maximum Gasteiger partial charge on any atom is 0.0648 e. The van der Waals surface area contributed by atoms with Gasteiger partial charge in [0.05, 0.1) is 11.6 Å². The number of aromatic nitrogens is 1. The highest BCUT2D eigenvalue weighted by molar-refractivity contribution is 6.16. The van der Waals surface area contributed by atoms with E-state index in [4.69, 9.17) is 11.6 Å². The highest BCUT2D eigenvalue weighted by Crippen LogP contribution is 2.30. The lowest BCUT2D eigenvalue weighted by atomic mass is 9.99. The number of benzene rings is 1. The third-order valence-corrected chi connectivity index (χ3v) is 4.04. The van der Waals surface area contributed by atoms with Gasteiger partial charge in [-0.05, 0) is 24.1 Å². The summed E-state index contributed by atoms with van der Waals surface area (Å²) in [6, 6.07) is 14.9. The van der Waals surface area contributed by atoms with E-state index < -0.39 is 0 Å². The molecule has 0 aliphatic carbocycles. The summed E-state index contributed by atoms with van der Waals surface area (Å²) >= 11 is 5.85. The van der Waals surface area contributed by atoms with Crippen molar-refractivity contribution in [3.8, 4) is 0 Å². The molecule has 3 heteroatoms. The molecule has 1 aromatic carbocycles. The molecule has 0 saturated carbocycles. The Morgan fingerprint density at radius 2 is 2.05 bits per heavy atom. The molecule has 0 amide bonds. The van der Waals surface area contributed by atoms with E-state index in [9.17, 15) is 0 Å². The maximum atomic E-state index is 5.85. The molecule has 1 aliphatic heterocycles. The topological polar surface area (TPSA) is 16.1 Å². The lowest BCUT2D eigenvalue weighted by Gasteiger charge is -2.19. The van der Waals surface area contributed by atoms with Crippen LogP contribution in [0.5, 0.6) is 0 Å². The van der Waals surface area contributed by atoms with E-state index in [1.54, 1.807) is 0 Å². The van der Waals surface area contributed by atoms with Crippen LogP contribution in [-0.4, -0.2) is 18.1 Å². The fourth-order valence-corrected chi connectivity index (χ4v) is 2.87. The first-order valence-electron chi connectivity index (χ1n) is 6.67. The van der Waals surface area contributed by atoms with E-state index in [1.807, 2.05) is 6.20 Å². The summed E-state index contributed by atoms with van der Waals surface area (Å²) in [5.41, 5.74) is 3.63. The SMILES string of the molecule is ClCc1cc(N2CCC(c3ccccc3)C2)ccn1. The third kappa shape index (κ3) is 2.74. The monoisotopic (exact) mass is 272 g/mol. The zero-order valence-electron chi connectivity index (χ0n) is 10.8. The first-order chi connectivity index (χ1) is 9.36.